The summed E-state index contributed by atoms with van der Waals surface area (Å²) in [6.45, 7) is 5.34. The predicted octanol–water partition coefficient (Wildman–Crippen LogP) is 4.82. The zero-order valence-electron chi connectivity index (χ0n) is 22.8. The number of rotatable bonds is 12. The van der Waals surface area contributed by atoms with Gasteiger partial charge in [-0.1, -0.05) is 84.8 Å². The molecule has 0 radical (unpaired) electrons. The van der Waals surface area contributed by atoms with Crippen molar-refractivity contribution in [2.75, 3.05) is 13.6 Å². The molecule has 3 aromatic rings. The number of carbonyl (C=O) groups excluding carboxylic acids is 2. The minimum Gasteiger partial charge on any atom is -0.352 e. The molecule has 7 nitrogen and oxygen atoms in total. The lowest BCUT2D eigenvalue weighted by molar-refractivity contribution is -0.141. The van der Waals surface area contributed by atoms with Gasteiger partial charge in [0.05, 0.1) is 11.4 Å². The van der Waals surface area contributed by atoms with E-state index in [9.17, 15) is 18.0 Å². The summed E-state index contributed by atoms with van der Waals surface area (Å²) in [5.74, 6) is -0.814. The van der Waals surface area contributed by atoms with Gasteiger partial charge < -0.3 is 10.2 Å². The molecule has 0 aliphatic rings. The molecule has 0 saturated heterocycles. The fourth-order valence-corrected chi connectivity index (χ4v) is 5.38. The summed E-state index contributed by atoms with van der Waals surface area (Å²) in [4.78, 5) is 29.0. The normalized spacial score (nSPS) is 13.1. The summed E-state index contributed by atoms with van der Waals surface area (Å²) >= 11 is 6.45. The number of nitrogens with zero attached hydrogens (tertiary/aromatic N) is 2. The summed E-state index contributed by atoms with van der Waals surface area (Å²) in [7, 11) is -2.57. The third-order valence-electron chi connectivity index (χ3n) is 6.66. The lowest BCUT2D eigenvalue weighted by Gasteiger charge is -2.33. The fraction of sp³-hybridized carbons (Fsp3) is 0.333. The number of likely N-dealkylation sites (N-methyl/N-ethyl adjacent to an activating group) is 1. The van der Waals surface area contributed by atoms with E-state index in [0.29, 0.717) is 10.6 Å². The fourth-order valence-electron chi connectivity index (χ4n) is 4.06. The first-order valence-corrected chi connectivity index (χ1v) is 14.7. The van der Waals surface area contributed by atoms with Crippen LogP contribution in [0.1, 0.15) is 37.0 Å². The van der Waals surface area contributed by atoms with Crippen molar-refractivity contribution in [3.05, 3.63) is 101 Å². The average Bonchev–Trinajstić information content (AvgIpc) is 2.92. The molecule has 0 aliphatic heterocycles. The van der Waals surface area contributed by atoms with Crippen LogP contribution in [-0.2, 0) is 32.6 Å². The summed E-state index contributed by atoms with van der Waals surface area (Å²) in [5, 5.41) is 3.46. The van der Waals surface area contributed by atoms with E-state index in [2.05, 4.69) is 5.32 Å². The number of benzene rings is 3. The van der Waals surface area contributed by atoms with Gasteiger partial charge >= 0.3 is 0 Å². The number of aryl methyl sites for hydroxylation is 1. The molecule has 0 aromatic heterocycles. The molecule has 39 heavy (non-hydrogen) atoms. The van der Waals surface area contributed by atoms with Crippen LogP contribution >= 0.6 is 11.6 Å². The highest BCUT2D eigenvalue weighted by Crippen LogP contribution is 2.22. The Morgan fingerprint density at radius 1 is 0.949 bits per heavy atom. The SMILES string of the molecule is CCC(C)NC(=O)C(Cc1ccccc1)N(Cc1ccccc1Cl)C(=O)CN(C)S(=O)(=O)c1ccc(C)cc1. The van der Waals surface area contributed by atoms with Gasteiger partial charge in [0.25, 0.3) is 0 Å². The zero-order valence-corrected chi connectivity index (χ0v) is 24.4. The van der Waals surface area contributed by atoms with Gasteiger partial charge in [-0.05, 0) is 49.6 Å². The molecule has 208 valence electrons. The van der Waals surface area contributed by atoms with Crippen LogP contribution in [0.3, 0.4) is 0 Å². The number of carbonyl (C=O) groups is 2. The molecule has 0 heterocycles. The Bertz CT molecular complexity index is 1360. The van der Waals surface area contributed by atoms with Gasteiger partial charge in [-0.3, -0.25) is 9.59 Å². The van der Waals surface area contributed by atoms with Crippen molar-refractivity contribution in [3.8, 4) is 0 Å². The highest BCUT2D eigenvalue weighted by molar-refractivity contribution is 7.89. The third kappa shape index (κ3) is 8.14. The van der Waals surface area contributed by atoms with E-state index in [1.54, 1.807) is 30.3 Å². The second-order valence-electron chi connectivity index (χ2n) is 9.71. The third-order valence-corrected chi connectivity index (χ3v) is 8.84. The lowest BCUT2D eigenvalue weighted by atomic mass is 10.0. The molecule has 2 amide bonds. The molecule has 2 atom stereocenters. The molecule has 2 unspecified atom stereocenters. The standard InChI is InChI=1S/C30H36ClN3O4S/c1-5-23(3)32-30(36)28(19-24-11-7-6-8-12-24)34(20-25-13-9-10-14-27(25)31)29(35)21-33(4)39(37,38)26-17-15-22(2)16-18-26/h6-18,23,28H,5,19-21H2,1-4H3,(H,32,36). The van der Waals surface area contributed by atoms with Crippen molar-refractivity contribution < 1.29 is 18.0 Å². The van der Waals surface area contributed by atoms with Crippen LogP contribution in [0.25, 0.3) is 0 Å². The minimum atomic E-state index is -3.93. The molecular weight excluding hydrogens is 534 g/mol. The average molecular weight is 570 g/mol. The van der Waals surface area contributed by atoms with Crippen molar-refractivity contribution >= 4 is 33.4 Å². The number of hydrogen-bond donors (Lipinski definition) is 1. The Hall–Kier alpha value is -3.20. The molecule has 0 fully saturated rings. The van der Waals surface area contributed by atoms with E-state index in [4.69, 9.17) is 11.6 Å². The molecule has 3 rings (SSSR count). The summed E-state index contributed by atoms with van der Waals surface area (Å²) in [5.41, 5.74) is 2.46. The van der Waals surface area contributed by atoms with Crippen LogP contribution in [0.4, 0.5) is 0 Å². The number of nitrogens with one attached hydrogen (secondary N) is 1. The van der Waals surface area contributed by atoms with Crippen molar-refractivity contribution in [3.63, 3.8) is 0 Å². The molecule has 0 saturated carbocycles. The van der Waals surface area contributed by atoms with Crippen LogP contribution in [0.5, 0.6) is 0 Å². The molecule has 0 aliphatic carbocycles. The second kappa shape index (κ2) is 13.7. The maximum Gasteiger partial charge on any atom is 0.243 e. The van der Waals surface area contributed by atoms with Gasteiger partial charge in [0.2, 0.25) is 21.8 Å². The van der Waals surface area contributed by atoms with Crippen molar-refractivity contribution in [1.29, 1.82) is 0 Å². The second-order valence-corrected chi connectivity index (χ2v) is 12.2. The predicted molar refractivity (Wildman–Crippen MR) is 155 cm³/mol. The summed E-state index contributed by atoms with van der Waals surface area (Å²) in [6, 6.07) is 22.0. The molecule has 0 bridgehead atoms. The monoisotopic (exact) mass is 569 g/mol. The van der Waals surface area contributed by atoms with Crippen LogP contribution in [-0.4, -0.2) is 55.1 Å². The Morgan fingerprint density at radius 2 is 1.56 bits per heavy atom. The van der Waals surface area contributed by atoms with Gasteiger partial charge in [0.15, 0.2) is 0 Å². The summed E-state index contributed by atoms with van der Waals surface area (Å²) < 4.78 is 27.5. The van der Waals surface area contributed by atoms with Crippen molar-refractivity contribution in [2.45, 2.75) is 57.1 Å². The molecule has 3 aromatic carbocycles. The molecule has 1 N–H and O–H groups in total. The van der Waals surface area contributed by atoms with E-state index in [-0.39, 0.29) is 29.8 Å². The Morgan fingerprint density at radius 3 is 2.18 bits per heavy atom. The number of hydrogen-bond acceptors (Lipinski definition) is 4. The van der Waals surface area contributed by atoms with Crippen molar-refractivity contribution in [1.82, 2.24) is 14.5 Å². The van der Waals surface area contributed by atoms with E-state index in [1.807, 2.05) is 57.2 Å². The van der Waals surface area contributed by atoms with Gasteiger partial charge in [0, 0.05) is 31.1 Å². The molecule has 9 heteroatoms. The van der Waals surface area contributed by atoms with Crippen LogP contribution in [0.2, 0.25) is 5.02 Å². The zero-order chi connectivity index (χ0) is 28.6. The van der Waals surface area contributed by atoms with Crippen LogP contribution < -0.4 is 5.32 Å². The maximum atomic E-state index is 13.9. The Labute approximate surface area is 236 Å². The van der Waals surface area contributed by atoms with Gasteiger partial charge in [-0.2, -0.15) is 4.31 Å². The lowest BCUT2D eigenvalue weighted by Crippen LogP contribution is -2.54. The van der Waals surface area contributed by atoms with Crippen LogP contribution in [0, 0.1) is 6.92 Å². The Kier molecular flexibility index (Phi) is 10.7. The molecular formula is C30H36ClN3O4S. The van der Waals surface area contributed by atoms with Crippen molar-refractivity contribution in [2.24, 2.45) is 0 Å². The van der Waals surface area contributed by atoms with E-state index in [0.717, 1.165) is 21.9 Å². The first-order valence-electron chi connectivity index (χ1n) is 12.9. The smallest absolute Gasteiger partial charge is 0.243 e. The maximum absolute atomic E-state index is 13.9. The number of halogens is 1. The van der Waals surface area contributed by atoms with E-state index < -0.39 is 28.5 Å². The van der Waals surface area contributed by atoms with E-state index in [1.165, 1.54) is 24.1 Å². The van der Waals surface area contributed by atoms with Gasteiger partial charge in [0.1, 0.15) is 6.04 Å². The quantitative estimate of drug-likeness (QED) is 0.339. The highest BCUT2D eigenvalue weighted by Gasteiger charge is 2.33. The van der Waals surface area contributed by atoms with E-state index >= 15 is 0 Å². The van der Waals surface area contributed by atoms with Gasteiger partial charge in [-0.15, -0.1) is 0 Å². The largest absolute Gasteiger partial charge is 0.352 e. The van der Waals surface area contributed by atoms with Crippen LogP contribution in [0.15, 0.2) is 83.8 Å². The minimum absolute atomic E-state index is 0.0440. The van der Waals surface area contributed by atoms with Gasteiger partial charge in [-0.25, -0.2) is 8.42 Å². The first kappa shape index (κ1) is 30.3. The topological polar surface area (TPSA) is 86.8 Å². The summed E-state index contributed by atoms with van der Waals surface area (Å²) in [6.07, 6.45) is 0.980. The number of sulfonamides is 1. The first-order chi connectivity index (χ1) is 18.5. The number of amides is 2. The molecule has 0 spiro atoms. The Balaban J connectivity index is 1.99. The highest BCUT2D eigenvalue weighted by atomic mass is 35.5.